The van der Waals surface area contributed by atoms with Crippen LogP contribution in [0.5, 0.6) is 5.75 Å². The van der Waals surface area contributed by atoms with Crippen LogP contribution in [0.2, 0.25) is 5.02 Å². The average molecular weight is 354 g/mol. The third kappa shape index (κ3) is 5.39. The number of benzene rings is 1. The highest BCUT2D eigenvalue weighted by Crippen LogP contribution is 2.28. The van der Waals surface area contributed by atoms with Crippen LogP contribution in [0.15, 0.2) is 18.2 Å². The number of amides is 2. The van der Waals surface area contributed by atoms with Crippen molar-refractivity contribution in [2.75, 3.05) is 19.0 Å². The molecule has 0 radical (unpaired) electrons. The lowest BCUT2D eigenvalue weighted by atomic mass is 10.00. The number of carbonyl (C=O) groups excluding carboxylic acids is 2. The second kappa shape index (κ2) is 8.89. The second-order valence-electron chi connectivity index (χ2n) is 6.05. The Kier molecular flexibility index (Phi) is 6.87. The van der Waals surface area contributed by atoms with Gasteiger partial charge in [-0.1, -0.05) is 18.0 Å². The average Bonchev–Trinajstić information content (AvgIpc) is 2.92. The van der Waals surface area contributed by atoms with Gasteiger partial charge in [-0.05, 0) is 37.0 Å². The number of rotatable bonds is 7. The molecule has 1 fully saturated rings. The van der Waals surface area contributed by atoms with Gasteiger partial charge in [-0.15, -0.1) is 0 Å². The van der Waals surface area contributed by atoms with Crippen LogP contribution in [-0.2, 0) is 9.59 Å². The van der Waals surface area contributed by atoms with E-state index in [-0.39, 0.29) is 36.7 Å². The molecular weight excluding hydrogens is 330 g/mol. The molecular formula is C17H24ClN3O3. The number of hydrogen-bond acceptors (Lipinski definition) is 4. The Morgan fingerprint density at radius 1 is 1.33 bits per heavy atom. The second-order valence-corrected chi connectivity index (χ2v) is 6.49. The predicted molar refractivity (Wildman–Crippen MR) is 94.2 cm³/mol. The smallest absolute Gasteiger partial charge is 0.226 e. The van der Waals surface area contributed by atoms with Gasteiger partial charge in [0.1, 0.15) is 5.75 Å². The fraction of sp³-hybridized carbons (Fsp3) is 0.529. The van der Waals surface area contributed by atoms with Crippen molar-refractivity contribution < 1.29 is 14.3 Å². The largest absolute Gasteiger partial charge is 0.495 e. The number of anilines is 1. The summed E-state index contributed by atoms with van der Waals surface area (Å²) < 4.78 is 5.17. The Morgan fingerprint density at radius 2 is 2.12 bits per heavy atom. The Labute approximate surface area is 147 Å². The van der Waals surface area contributed by atoms with Crippen molar-refractivity contribution in [3.05, 3.63) is 23.2 Å². The number of carbonyl (C=O) groups is 2. The number of nitrogens with two attached hydrogens (primary N) is 1. The summed E-state index contributed by atoms with van der Waals surface area (Å²) in [5.41, 5.74) is 6.48. The van der Waals surface area contributed by atoms with E-state index in [1.165, 1.54) is 7.11 Å². The third-order valence-electron chi connectivity index (χ3n) is 4.28. The highest BCUT2D eigenvalue weighted by molar-refractivity contribution is 6.31. The fourth-order valence-corrected chi connectivity index (χ4v) is 3.11. The summed E-state index contributed by atoms with van der Waals surface area (Å²) in [5.74, 6) is 0.528. The van der Waals surface area contributed by atoms with Crippen molar-refractivity contribution in [2.24, 2.45) is 11.7 Å². The topological polar surface area (TPSA) is 93.5 Å². The Balaban J connectivity index is 1.73. The van der Waals surface area contributed by atoms with E-state index < -0.39 is 0 Å². The van der Waals surface area contributed by atoms with Gasteiger partial charge in [0.15, 0.2) is 0 Å². The minimum atomic E-state index is -0.214. The normalized spacial score (nSPS) is 19.8. The number of halogens is 1. The Morgan fingerprint density at radius 3 is 2.79 bits per heavy atom. The van der Waals surface area contributed by atoms with Crippen LogP contribution in [-0.4, -0.2) is 31.5 Å². The Bertz CT molecular complexity index is 594. The highest BCUT2D eigenvalue weighted by atomic mass is 35.5. The molecule has 0 aromatic heterocycles. The molecule has 2 rings (SSSR count). The zero-order valence-corrected chi connectivity index (χ0v) is 14.6. The van der Waals surface area contributed by atoms with Gasteiger partial charge in [0, 0.05) is 30.5 Å². The highest BCUT2D eigenvalue weighted by Gasteiger charge is 2.25. The molecule has 1 aromatic rings. The van der Waals surface area contributed by atoms with Crippen molar-refractivity contribution in [3.63, 3.8) is 0 Å². The zero-order chi connectivity index (χ0) is 17.5. The molecule has 0 saturated heterocycles. The molecule has 1 aliphatic carbocycles. The van der Waals surface area contributed by atoms with Gasteiger partial charge in [0.2, 0.25) is 11.8 Å². The van der Waals surface area contributed by atoms with Crippen molar-refractivity contribution in [1.82, 2.24) is 5.32 Å². The molecule has 1 aliphatic rings. The first-order valence-corrected chi connectivity index (χ1v) is 8.53. The summed E-state index contributed by atoms with van der Waals surface area (Å²) in [6, 6.07) is 5.11. The van der Waals surface area contributed by atoms with Crippen LogP contribution in [0.3, 0.4) is 0 Å². The van der Waals surface area contributed by atoms with E-state index in [0.29, 0.717) is 22.9 Å². The lowest BCUT2D eigenvalue weighted by Crippen LogP contribution is -2.33. The van der Waals surface area contributed by atoms with Gasteiger partial charge in [-0.2, -0.15) is 0 Å². The molecule has 2 atom stereocenters. The number of ether oxygens (including phenoxy) is 1. The summed E-state index contributed by atoms with van der Waals surface area (Å²) in [7, 11) is 1.52. The lowest BCUT2D eigenvalue weighted by Gasteiger charge is -2.15. The first kappa shape index (κ1) is 18.5. The standard InChI is InChI=1S/C17H24ClN3O3/c1-24-15-6-5-12(18)10-14(15)21-16(22)7-8-20-17(23)9-11-3-2-4-13(11)19/h5-6,10-11,13H,2-4,7-9,19H2,1H3,(H,20,23)(H,21,22)/t11-,13+/m0/s1. The van der Waals surface area contributed by atoms with Crippen molar-refractivity contribution in [3.8, 4) is 5.75 Å². The van der Waals surface area contributed by atoms with E-state index in [4.69, 9.17) is 22.1 Å². The van der Waals surface area contributed by atoms with E-state index in [1.54, 1.807) is 18.2 Å². The SMILES string of the molecule is COc1ccc(Cl)cc1NC(=O)CCNC(=O)C[C@@H]1CCC[C@H]1N. The summed E-state index contributed by atoms with van der Waals surface area (Å²) in [4.78, 5) is 23.9. The molecule has 0 aliphatic heterocycles. The van der Waals surface area contributed by atoms with E-state index in [2.05, 4.69) is 10.6 Å². The van der Waals surface area contributed by atoms with Gasteiger partial charge in [0.05, 0.1) is 12.8 Å². The van der Waals surface area contributed by atoms with Crippen molar-refractivity contribution in [1.29, 1.82) is 0 Å². The molecule has 1 aromatic carbocycles. The fourth-order valence-electron chi connectivity index (χ4n) is 2.94. The minimum absolute atomic E-state index is 0.0505. The first-order chi connectivity index (χ1) is 11.5. The van der Waals surface area contributed by atoms with Crippen molar-refractivity contribution in [2.45, 2.75) is 38.1 Å². The van der Waals surface area contributed by atoms with Crippen LogP contribution in [0.4, 0.5) is 5.69 Å². The molecule has 2 amide bonds. The zero-order valence-electron chi connectivity index (χ0n) is 13.8. The third-order valence-corrected chi connectivity index (χ3v) is 4.51. The molecule has 0 heterocycles. The Hall–Kier alpha value is -1.79. The molecule has 132 valence electrons. The van der Waals surface area contributed by atoms with E-state index in [0.717, 1.165) is 19.3 Å². The van der Waals surface area contributed by atoms with E-state index in [1.807, 2.05) is 0 Å². The number of hydrogen-bond donors (Lipinski definition) is 3. The first-order valence-electron chi connectivity index (χ1n) is 8.15. The molecule has 1 saturated carbocycles. The predicted octanol–water partition coefficient (Wildman–Crippen LogP) is 2.31. The molecule has 0 bridgehead atoms. The van der Waals surface area contributed by atoms with Gasteiger partial charge in [-0.3, -0.25) is 9.59 Å². The lowest BCUT2D eigenvalue weighted by molar-refractivity contribution is -0.122. The molecule has 0 unspecified atom stereocenters. The molecule has 4 N–H and O–H groups in total. The van der Waals surface area contributed by atoms with Gasteiger partial charge >= 0.3 is 0 Å². The van der Waals surface area contributed by atoms with Crippen LogP contribution in [0.25, 0.3) is 0 Å². The maximum Gasteiger partial charge on any atom is 0.226 e. The molecule has 7 heteroatoms. The van der Waals surface area contributed by atoms with Crippen LogP contribution in [0, 0.1) is 5.92 Å². The monoisotopic (exact) mass is 353 g/mol. The van der Waals surface area contributed by atoms with Gasteiger partial charge in [0.25, 0.3) is 0 Å². The minimum Gasteiger partial charge on any atom is -0.495 e. The summed E-state index contributed by atoms with van der Waals surface area (Å²) in [5, 5.41) is 6.02. The number of methoxy groups -OCH3 is 1. The number of nitrogens with one attached hydrogen (secondary N) is 2. The summed E-state index contributed by atoms with van der Waals surface area (Å²) in [6.45, 7) is 0.287. The maximum absolute atomic E-state index is 12.0. The maximum atomic E-state index is 12.0. The molecule has 0 spiro atoms. The van der Waals surface area contributed by atoms with E-state index >= 15 is 0 Å². The van der Waals surface area contributed by atoms with Crippen LogP contribution >= 0.6 is 11.6 Å². The summed E-state index contributed by atoms with van der Waals surface area (Å²) in [6.07, 6.45) is 3.69. The van der Waals surface area contributed by atoms with E-state index in [9.17, 15) is 9.59 Å². The van der Waals surface area contributed by atoms with Crippen LogP contribution in [0.1, 0.15) is 32.1 Å². The molecule has 24 heavy (non-hydrogen) atoms. The van der Waals surface area contributed by atoms with Crippen LogP contribution < -0.4 is 21.1 Å². The quantitative estimate of drug-likeness (QED) is 0.701. The van der Waals surface area contributed by atoms with Crippen molar-refractivity contribution >= 4 is 29.1 Å². The molecule has 6 nitrogen and oxygen atoms in total. The van der Waals surface area contributed by atoms with Gasteiger partial charge in [-0.25, -0.2) is 0 Å². The van der Waals surface area contributed by atoms with Gasteiger partial charge < -0.3 is 21.1 Å². The summed E-state index contributed by atoms with van der Waals surface area (Å²) >= 11 is 5.92.